The van der Waals surface area contributed by atoms with Crippen LogP contribution in [0, 0.1) is 11.8 Å². The Kier molecular flexibility index (Phi) is 2.48. The highest BCUT2D eigenvalue weighted by atomic mass is 32.2. The Morgan fingerprint density at radius 3 is 2.60 bits per heavy atom. The summed E-state index contributed by atoms with van der Waals surface area (Å²) in [7, 11) is -3.89. The molecule has 1 aliphatic heterocycles. The second kappa shape index (κ2) is 3.43. The fourth-order valence-electron chi connectivity index (χ4n) is 2.83. The maximum absolute atomic E-state index is 11.2. The average Bonchev–Trinajstić information content (AvgIpc) is 2.56. The average molecular weight is 234 g/mol. The molecule has 15 heavy (non-hydrogen) atoms. The fourth-order valence-corrected chi connectivity index (χ4v) is 3.80. The number of fused-ring (bicyclic) bond motifs is 1. The van der Waals surface area contributed by atoms with Crippen molar-refractivity contribution in [3.8, 4) is 0 Å². The molecule has 3 atom stereocenters. The Bertz CT molecular complexity index is 380. The standard InChI is InChI=1S/C8H14N2O4S/c9-15(13,14)10-4-5-2-1-3-6(5)7(10)8(11)12/h5-7H,1-4H2,(H,11,12)(H2,9,13,14). The number of nitrogens with zero attached hydrogens (tertiary/aromatic N) is 1. The van der Waals surface area contributed by atoms with Crippen LogP contribution in [-0.2, 0) is 15.0 Å². The molecular formula is C8H14N2O4S. The molecule has 1 saturated carbocycles. The van der Waals surface area contributed by atoms with Gasteiger partial charge in [-0.15, -0.1) is 0 Å². The molecule has 0 spiro atoms. The second-order valence-electron chi connectivity index (χ2n) is 4.25. The van der Waals surface area contributed by atoms with Crippen LogP contribution in [0.1, 0.15) is 19.3 Å². The van der Waals surface area contributed by atoms with Gasteiger partial charge in [0.2, 0.25) is 0 Å². The SMILES string of the molecule is NS(=O)(=O)N1CC2CCCC2C1C(=O)O. The van der Waals surface area contributed by atoms with Gasteiger partial charge in [-0.1, -0.05) is 6.42 Å². The lowest BCUT2D eigenvalue weighted by atomic mass is 9.94. The van der Waals surface area contributed by atoms with Crippen LogP contribution in [0.25, 0.3) is 0 Å². The van der Waals surface area contributed by atoms with E-state index in [2.05, 4.69) is 0 Å². The van der Waals surface area contributed by atoms with Gasteiger partial charge in [-0.05, 0) is 24.7 Å². The first-order valence-electron chi connectivity index (χ1n) is 4.93. The van der Waals surface area contributed by atoms with Gasteiger partial charge < -0.3 is 5.11 Å². The minimum Gasteiger partial charge on any atom is -0.480 e. The number of nitrogens with two attached hydrogens (primary N) is 1. The van der Waals surface area contributed by atoms with Crippen molar-refractivity contribution in [3.05, 3.63) is 0 Å². The second-order valence-corrected chi connectivity index (χ2v) is 5.75. The normalized spacial score (nSPS) is 36.7. The quantitative estimate of drug-likeness (QED) is 0.664. The van der Waals surface area contributed by atoms with E-state index in [1.165, 1.54) is 0 Å². The molecule has 2 rings (SSSR count). The van der Waals surface area contributed by atoms with Crippen LogP contribution in [0.5, 0.6) is 0 Å². The zero-order valence-corrected chi connectivity index (χ0v) is 8.98. The topological polar surface area (TPSA) is 101 Å². The van der Waals surface area contributed by atoms with E-state index in [1.54, 1.807) is 0 Å². The van der Waals surface area contributed by atoms with Gasteiger partial charge in [0, 0.05) is 6.54 Å². The lowest BCUT2D eigenvalue weighted by Crippen LogP contribution is -2.46. The number of carboxylic acids is 1. The molecule has 0 bridgehead atoms. The highest BCUT2D eigenvalue weighted by molar-refractivity contribution is 7.86. The summed E-state index contributed by atoms with van der Waals surface area (Å²) < 4.78 is 23.4. The Hall–Kier alpha value is -0.660. The molecule has 3 unspecified atom stereocenters. The molecule has 2 fully saturated rings. The molecule has 7 heteroatoms. The summed E-state index contributed by atoms with van der Waals surface area (Å²) in [5.41, 5.74) is 0. The van der Waals surface area contributed by atoms with E-state index in [0.717, 1.165) is 23.6 Å². The van der Waals surface area contributed by atoms with Gasteiger partial charge in [-0.3, -0.25) is 4.79 Å². The first-order chi connectivity index (χ1) is 6.91. The number of carboxylic acid groups (broad SMARTS) is 1. The van der Waals surface area contributed by atoms with Gasteiger partial charge in [0.25, 0.3) is 10.2 Å². The summed E-state index contributed by atoms with van der Waals surface area (Å²) in [5, 5.41) is 14.0. The maximum Gasteiger partial charge on any atom is 0.322 e. The van der Waals surface area contributed by atoms with Crippen molar-refractivity contribution < 1.29 is 18.3 Å². The molecule has 0 aromatic carbocycles. The van der Waals surface area contributed by atoms with Crippen molar-refractivity contribution in [2.75, 3.05) is 6.54 Å². The molecule has 1 heterocycles. The smallest absolute Gasteiger partial charge is 0.322 e. The zero-order valence-electron chi connectivity index (χ0n) is 8.17. The molecular weight excluding hydrogens is 220 g/mol. The number of aliphatic carboxylic acids is 1. The molecule has 2 aliphatic rings. The van der Waals surface area contributed by atoms with Crippen molar-refractivity contribution in [1.82, 2.24) is 4.31 Å². The molecule has 6 nitrogen and oxygen atoms in total. The van der Waals surface area contributed by atoms with E-state index in [0.29, 0.717) is 0 Å². The van der Waals surface area contributed by atoms with Crippen LogP contribution in [0.2, 0.25) is 0 Å². The van der Waals surface area contributed by atoms with Gasteiger partial charge in [-0.2, -0.15) is 12.7 Å². The highest BCUT2D eigenvalue weighted by Gasteiger charge is 2.51. The monoisotopic (exact) mass is 234 g/mol. The molecule has 86 valence electrons. The number of hydrogen-bond acceptors (Lipinski definition) is 3. The third kappa shape index (κ3) is 1.75. The first-order valence-corrected chi connectivity index (χ1v) is 6.44. The zero-order chi connectivity index (χ0) is 11.2. The van der Waals surface area contributed by atoms with Crippen molar-refractivity contribution in [1.29, 1.82) is 0 Å². The van der Waals surface area contributed by atoms with Crippen LogP contribution in [-0.4, -0.2) is 36.4 Å². The molecule has 0 aromatic heterocycles. The van der Waals surface area contributed by atoms with E-state index in [4.69, 9.17) is 10.2 Å². The number of hydrogen-bond donors (Lipinski definition) is 2. The van der Waals surface area contributed by atoms with Crippen molar-refractivity contribution in [2.24, 2.45) is 17.0 Å². The predicted octanol–water partition coefficient (Wildman–Crippen LogP) is -0.625. The Balaban J connectivity index is 2.31. The highest BCUT2D eigenvalue weighted by Crippen LogP contribution is 2.42. The van der Waals surface area contributed by atoms with Crippen LogP contribution < -0.4 is 5.14 Å². The molecule has 3 N–H and O–H groups in total. The molecule has 1 aliphatic carbocycles. The van der Waals surface area contributed by atoms with E-state index in [1.807, 2.05) is 0 Å². The van der Waals surface area contributed by atoms with Crippen LogP contribution in [0.4, 0.5) is 0 Å². The molecule has 0 radical (unpaired) electrons. The Morgan fingerprint density at radius 1 is 1.40 bits per heavy atom. The van der Waals surface area contributed by atoms with Gasteiger partial charge in [0.1, 0.15) is 6.04 Å². The first kappa shape index (κ1) is 10.8. The van der Waals surface area contributed by atoms with E-state index in [-0.39, 0.29) is 18.4 Å². The van der Waals surface area contributed by atoms with Crippen molar-refractivity contribution in [2.45, 2.75) is 25.3 Å². The van der Waals surface area contributed by atoms with Crippen molar-refractivity contribution >= 4 is 16.2 Å². The van der Waals surface area contributed by atoms with Crippen LogP contribution in [0.3, 0.4) is 0 Å². The lowest BCUT2D eigenvalue weighted by molar-refractivity contribution is -0.142. The summed E-state index contributed by atoms with van der Waals surface area (Å²) in [5.74, 6) is -0.969. The third-order valence-electron chi connectivity index (χ3n) is 3.43. The van der Waals surface area contributed by atoms with E-state index >= 15 is 0 Å². The van der Waals surface area contributed by atoms with Crippen LogP contribution in [0.15, 0.2) is 0 Å². The van der Waals surface area contributed by atoms with Gasteiger partial charge in [0.15, 0.2) is 0 Å². The van der Waals surface area contributed by atoms with Gasteiger partial charge in [0.05, 0.1) is 0 Å². The predicted molar refractivity (Wildman–Crippen MR) is 52.1 cm³/mol. The van der Waals surface area contributed by atoms with Crippen LogP contribution >= 0.6 is 0 Å². The number of carbonyl (C=O) groups is 1. The Morgan fingerprint density at radius 2 is 2.07 bits per heavy atom. The minimum absolute atomic E-state index is 0.0548. The maximum atomic E-state index is 11.2. The summed E-state index contributed by atoms with van der Waals surface area (Å²) in [6.45, 7) is 0.264. The minimum atomic E-state index is -3.89. The molecule has 0 amide bonds. The third-order valence-corrected chi connectivity index (χ3v) is 4.46. The fraction of sp³-hybridized carbons (Fsp3) is 0.875. The summed E-state index contributed by atoms with van der Waals surface area (Å²) >= 11 is 0. The Labute approximate surface area is 88.2 Å². The van der Waals surface area contributed by atoms with Gasteiger partial charge in [-0.25, -0.2) is 5.14 Å². The van der Waals surface area contributed by atoms with E-state index in [9.17, 15) is 13.2 Å². The summed E-state index contributed by atoms with van der Waals surface area (Å²) in [4.78, 5) is 11.0. The van der Waals surface area contributed by atoms with E-state index < -0.39 is 22.2 Å². The lowest BCUT2D eigenvalue weighted by Gasteiger charge is -2.21. The molecule has 1 saturated heterocycles. The summed E-state index contributed by atoms with van der Waals surface area (Å²) in [6, 6.07) is -0.951. The van der Waals surface area contributed by atoms with Crippen molar-refractivity contribution in [3.63, 3.8) is 0 Å². The largest absolute Gasteiger partial charge is 0.480 e. The van der Waals surface area contributed by atoms with Gasteiger partial charge >= 0.3 is 5.97 Å². The summed E-state index contributed by atoms with van der Waals surface area (Å²) in [6.07, 6.45) is 2.67. The molecule has 0 aromatic rings. The number of rotatable bonds is 2.